The molecule has 8 nitrogen and oxygen atoms in total. The van der Waals surface area contributed by atoms with Crippen molar-refractivity contribution in [2.24, 2.45) is 0 Å². The van der Waals surface area contributed by atoms with Crippen LogP contribution in [0.3, 0.4) is 0 Å². The minimum absolute atomic E-state index is 0.0215. The number of hydrogen-bond acceptors (Lipinski definition) is 6. The van der Waals surface area contributed by atoms with E-state index in [1.165, 1.54) is 14.2 Å². The number of sulfonamides is 1. The van der Waals surface area contributed by atoms with Crippen molar-refractivity contribution in [3.63, 3.8) is 0 Å². The van der Waals surface area contributed by atoms with Crippen LogP contribution in [0, 0.1) is 6.92 Å². The molecule has 1 aromatic rings. The predicted octanol–water partition coefficient (Wildman–Crippen LogP) is -0.233. The monoisotopic (exact) mass is 320 g/mol. The first kappa shape index (κ1) is 18.1. The number of aromatic amines is 1. The van der Waals surface area contributed by atoms with E-state index in [0.717, 1.165) is 12.2 Å². The van der Waals surface area contributed by atoms with Gasteiger partial charge in [0.05, 0.1) is 12.7 Å². The third kappa shape index (κ3) is 5.04. The van der Waals surface area contributed by atoms with Gasteiger partial charge in [-0.1, -0.05) is 6.92 Å². The van der Waals surface area contributed by atoms with Crippen molar-refractivity contribution in [1.82, 2.24) is 20.2 Å². The number of hydrogen-bond donors (Lipinski definition) is 3. The van der Waals surface area contributed by atoms with E-state index in [4.69, 9.17) is 9.47 Å². The van der Waals surface area contributed by atoms with Crippen LogP contribution in [0.15, 0.2) is 5.03 Å². The van der Waals surface area contributed by atoms with E-state index in [0.29, 0.717) is 18.7 Å². The van der Waals surface area contributed by atoms with Crippen LogP contribution >= 0.6 is 0 Å². The Labute approximate surface area is 125 Å². The van der Waals surface area contributed by atoms with E-state index in [1.807, 2.05) is 6.92 Å². The molecule has 9 heteroatoms. The minimum Gasteiger partial charge on any atom is -0.382 e. The van der Waals surface area contributed by atoms with Crippen LogP contribution in [0.2, 0.25) is 0 Å². The molecule has 3 N–H and O–H groups in total. The number of nitrogens with zero attached hydrogens (tertiary/aromatic N) is 1. The van der Waals surface area contributed by atoms with Gasteiger partial charge in [-0.3, -0.25) is 5.10 Å². The molecule has 1 unspecified atom stereocenters. The first-order chi connectivity index (χ1) is 9.96. The molecular formula is C12H24N4O4S. The summed E-state index contributed by atoms with van der Waals surface area (Å²) in [5, 5.41) is 9.74. The van der Waals surface area contributed by atoms with Crippen LogP contribution in [0.25, 0.3) is 0 Å². The lowest BCUT2D eigenvalue weighted by atomic mass is 10.2. The Balaban J connectivity index is 2.83. The molecule has 0 saturated carbocycles. The Bertz CT molecular complexity index is 529. The van der Waals surface area contributed by atoms with E-state index in [1.54, 1.807) is 6.92 Å². The van der Waals surface area contributed by atoms with Gasteiger partial charge in [-0.05, 0) is 13.5 Å². The summed E-state index contributed by atoms with van der Waals surface area (Å²) < 4.78 is 37.3. The Hall–Kier alpha value is -1.00. The van der Waals surface area contributed by atoms with Crippen molar-refractivity contribution >= 4 is 10.0 Å². The maximum absolute atomic E-state index is 12.3. The lowest BCUT2D eigenvalue weighted by Gasteiger charge is -2.15. The zero-order valence-corrected chi connectivity index (χ0v) is 13.7. The molecule has 0 aliphatic heterocycles. The highest BCUT2D eigenvalue weighted by atomic mass is 32.2. The molecule has 0 aromatic carbocycles. The second-order valence-corrected chi connectivity index (χ2v) is 6.26. The molecule has 0 saturated heterocycles. The number of aryl methyl sites for hydroxylation is 1. The smallest absolute Gasteiger partial charge is 0.260 e. The molecular weight excluding hydrogens is 296 g/mol. The van der Waals surface area contributed by atoms with Crippen LogP contribution in [-0.2, 0) is 26.0 Å². The highest BCUT2D eigenvalue weighted by Crippen LogP contribution is 2.15. The fourth-order valence-corrected chi connectivity index (χ4v) is 3.04. The van der Waals surface area contributed by atoms with Crippen LogP contribution in [0.1, 0.15) is 18.2 Å². The largest absolute Gasteiger partial charge is 0.382 e. The van der Waals surface area contributed by atoms with Gasteiger partial charge in [0.1, 0.15) is 0 Å². The fourth-order valence-electron chi connectivity index (χ4n) is 1.78. The third-order valence-corrected chi connectivity index (χ3v) is 4.42. The van der Waals surface area contributed by atoms with Gasteiger partial charge < -0.3 is 14.8 Å². The van der Waals surface area contributed by atoms with Gasteiger partial charge in [-0.25, -0.2) is 13.1 Å². The summed E-state index contributed by atoms with van der Waals surface area (Å²) in [5.74, 6) is 0. The second kappa shape index (κ2) is 8.44. The van der Waals surface area contributed by atoms with Gasteiger partial charge in [0.15, 0.2) is 5.03 Å². The average molecular weight is 320 g/mol. The Kier molecular flexibility index (Phi) is 7.26. The first-order valence-electron chi connectivity index (χ1n) is 6.72. The van der Waals surface area contributed by atoms with Crippen molar-refractivity contribution in [2.75, 3.05) is 33.9 Å². The highest BCUT2D eigenvalue weighted by molar-refractivity contribution is 7.89. The first-order valence-corrected chi connectivity index (χ1v) is 8.20. The van der Waals surface area contributed by atoms with Gasteiger partial charge in [0.25, 0.3) is 10.0 Å². The van der Waals surface area contributed by atoms with Crippen molar-refractivity contribution in [2.45, 2.75) is 31.5 Å². The van der Waals surface area contributed by atoms with E-state index in [2.05, 4.69) is 20.2 Å². The molecule has 1 rings (SSSR count). The molecule has 0 aliphatic rings. The van der Waals surface area contributed by atoms with Gasteiger partial charge in [-0.15, -0.1) is 0 Å². The molecule has 0 amide bonds. The quantitative estimate of drug-likeness (QED) is 0.550. The number of nitrogens with one attached hydrogen (secondary N) is 3. The molecule has 122 valence electrons. The van der Waals surface area contributed by atoms with Gasteiger partial charge >= 0.3 is 0 Å². The number of methoxy groups -OCH3 is 2. The van der Waals surface area contributed by atoms with Crippen LogP contribution in [0.4, 0.5) is 0 Å². The number of rotatable bonds is 10. The number of ether oxygens (including phenoxy) is 2. The normalized spacial score (nSPS) is 13.5. The fraction of sp³-hybridized carbons (Fsp3) is 0.750. The molecule has 0 fully saturated rings. The van der Waals surface area contributed by atoms with Crippen LogP contribution in [0.5, 0.6) is 0 Å². The summed E-state index contributed by atoms with van der Waals surface area (Å²) >= 11 is 0. The van der Waals surface area contributed by atoms with Crippen molar-refractivity contribution in [3.05, 3.63) is 11.3 Å². The average Bonchev–Trinajstić information content (AvgIpc) is 2.83. The van der Waals surface area contributed by atoms with E-state index in [-0.39, 0.29) is 17.7 Å². The van der Waals surface area contributed by atoms with E-state index >= 15 is 0 Å². The maximum atomic E-state index is 12.3. The molecule has 1 aromatic heterocycles. The predicted molar refractivity (Wildman–Crippen MR) is 78.6 cm³/mol. The molecule has 0 radical (unpaired) electrons. The lowest BCUT2D eigenvalue weighted by molar-refractivity contribution is 0.0320. The highest BCUT2D eigenvalue weighted by Gasteiger charge is 2.24. The molecule has 0 bridgehead atoms. The SMILES string of the molecule is CCNCc1c(S(=O)(=O)NCC(COC)OC)n[nH]c1C. The maximum Gasteiger partial charge on any atom is 0.260 e. The van der Waals surface area contributed by atoms with Gasteiger partial charge in [-0.2, -0.15) is 5.10 Å². The van der Waals surface area contributed by atoms with Crippen LogP contribution in [-0.4, -0.2) is 58.6 Å². The summed E-state index contributed by atoms with van der Waals surface area (Å²) in [6.07, 6.45) is -0.345. The van der Waals surface area contributed by atoms with Gasteiger partial charge in [0.2, 0.25) is 0 Å². The van der Waals surface area contributed by atoms with Gasteiger partial charge in [0, 0.05) is 38.6 Å². The second-order valence-electron chi connectivity index (χ2n) is 4.58. The minimum atomic E-state index is -3.69. The number of aromatic nitrogens is 2. The summed E-state index contributed by atoms with van der Waals surface area (Å²) in [5.41, 5.74) is 1.38. The summed E-state index contributed by atoms with van der Waals surface area (Å²) in [6.45, 7) is 5.37. The summed E-state index contributed by atoms with van der Waals surface area (Å²) in [7, 11) is -0.651. The standard InChI is InChI=1S/C12H24N4O4S/c1-5-13-7-11-9(2)15-16-12(11)21(17,18)14-6-10(20-4)8-19-3/h10,13-14H,5-8H2,1-4H3,(H,15,16). The Morgan fingerprint density at radius 2 is 2.10 bits per heavy atom. The third-order valence-electron chi connectivity index (χ3n) is 3.03. The van der Waals surface area contributed by atoms with Crippen molar-refractivity contribution in [3.8, 4) is 0 Å². The summed E-state index contributed by atoms with van der Waals surface area (Å²) in [4.78, 5) is 0. The molecule has 1 heterocycles. The van der Waals surface area contributed by atoms with E-state index < -0.39 is 10.0 Å². The lowest BCUT2D eigenvalue weighted by Crippen LogP contribution is -2.36. The zero-order valence-electron chi connectivity index (χ0n) is 12.9. The van der Waals surface area contributed by atoms with Crippen molar-refractivity contribution < 1.29 is 17.9 Å². The molecule has 1 atom stereocenters. The Morgan fingerprint density at radius 3 is 2.67 bits per heavy atom. The van der Waals surface area contributed by atoms with Crippen LogP contribution < -0.4 is 10.0 Å². The molecule has 21 heavy (non-hydrogen) atoms. The topological polar surface area (TPSA) is 105 Å². The summed E-state index contributed by atoms with van der Waals surface area (Å²) in [6, 6.07) is 0. The van der Waals surface area contributed by atoms with Crippen molar-refractivity contribution in [1.29, 1.82) is 0 Å². The Morgan fingerprint density at radius 1 is 1.38 bits per heavy atom. The number of H-pyrrole nitrogens is 1. The molecule has 0 spiro atoms. The zero-order chi connectivity index (χ0) is 15.9. The van der Waals surface area contributed by atoms with E-state index in [9.17, 15) is 8.42 Å². The molecule has 0 aliphatic carbocycles.